The maximum atomic E-state index is 6.01. The van der Waals surface area contributed by atoms with Gasteiger partial charge >= 0.3 is 0 Å². The average Bonchev–Trinajstić information content (AvgIpc) is 2.49. The first-order chi connectivity index (χ1) is 10.2. The summed E-state index contributed by atoms with van der Waals surface area (Å²) in [7, 11) is 0. The first kappa shape index (κ1) is 15.9. The SMILES string of the molecule is CCCC(Nc1c(C)cccc1CC)c1ccc(Cl)cc1. The largest absolute Gasteiger partial charge is 0.378 e. The minimum absolute atomic E-state index is 0.332. The molecule has 2 heteroatoms. The van der Waals surface area contributed by atoms with Gasteiger partial charge in [-0.25, -0.2) is 0 Å². The van der Waals surface area contributed by atoms with Crippen molar-refractivity contribution in [3.63, 3.8) is 0 Å². The van der Waals surface area contributed by atoms with Crippen molar-refractivity contribution in [3.05, 3.63) is 64.2 Å². The maximum absolute atomic E-state index is 6.01. The van der Waals surface area contributed by atoms with Crippen LogP contribution in [0.4, 0.5) is 5.69 Å². The molecule has 0 spiro atoms. The van der Waals surface area contributed by atoms with Crippen molar-refractivity contribution in [2.45, 2.75) is 46.1 Å². The topological polar surface area (TPSA) is 12.0 Å². The molecule has 0 saturated carbocycles. The predicted molar refractivity (Wildman–Crippen MR) is 93.3 cm³/mol. The van der Waals surface area contributed by atoms with Crippen molar-refractivity contribution in [1.82, 2.24) is 0 Å². The van der Waals surface area contributed by atoms with Gasteiger partial charge in [0, 0.05) is 10.7 Å². The quantitative estimate of drug-likeness (QED) is 0.673. The summed E-state index contributed by atoms with van der Waals surface area (Å²) in [6.45, 7) is 6.60. The molecule has 2 rings (SSSR count). The lowest BCUT2D eigenvalue weighted by atomic mass is 9.99. The smallest absolute Gasteiger partial charge is 0.0513 e. The fourth-order valence-electron chi connectivity index (χ4n) is 2.71. The van der Waals surface area contributed by atoms with Gasteiger partial charge < -0.3 is 5.32 Å². The van der Waals surface area contributed by atoms with E-state index in [9.17, 15) is 0 Å². The number of hydrogen-bond donors (Lipinski definition) is 1. The molecule has 0 bridgehead atoms. The van der Waals surface area contributed by atoms with Gasteiger partial charge in [-0.2, -0.15) is 0 Å². The van der Waals surface area contributed by atoms with Crippen LogP contribution in [0.15, 0.2) is 42.5 Å². The molecule has 0 aliphatic carbocycles. The average molecular weight is 302 g/mol. The zero-order valence-corrected chi connectivity index (χ0v) is 13.9. The van der Waals surface area contributed by atoms with Gasteiger partial charge in [0.15, 0.2) is 0 Å². The van der Waals surface area contributed by atoms with Crippen LogP contribution in [0.3, 0.4) is 0 Å². The van der Waals surface area contributed by atoms with E-state index in [2.05, 4.69) is 56.4 Å². The lowest BCUT2D eigenvalue weighted by molar-refractivity contribution is 0.676. The van der Waals surface area contributed by atoms with Gasteiger partial charge in [0.25, 0.3) is 0 Å². The lowest BCUT2D eigenvalue weighted by Crippen LogP contribution is -2.13. The normalized spacial score (nSPS) is 12.2. The molecule has 1 N–H and O–H groups in total. The first-order valence-corrected chi connectivity index (χ1v) is 8.14. The molecule has 0 radical (unpaired) electrons. The van der Waals surface area contributed by atoms with Crippen molar-refractivity contribution in [2.24, 2.45) is 0 Å². The van der Waals surface area contributed by atoms with Gasteiger partial charge in [0.2, 0.25) is 0 Å². The van der Waals surface area contributed by atoms with E-state index in [0.29, 0.717) is 6.04 Å². The minimum atomic E-state index is 0.332. The van der Waals surface area contributed by atoms with E-state index in [0.717, 1.165) is 24.3 Å². The lowest BCUT2D eigenvalue weighted by Gasteiger charge is -2.23. The second kappa shape index (κ2) is 7.51. The fraction of sp³-hybridized carbons (Fsp3) is 0.368. The van der Waals surface area contributed by atoms with Crippen LogP contribution in [0, 0.1) is 6.92 Å². The summed E-state index contributed by atoms with van der Waals surface area (Å²) in [5.74, 6) is 0. The Labute approximate surface area is 133 Å². The molecule has 21 heavy (non-hydrogen) atoms. The highest BCUT2D eigenvalue weighted by molar-refractivity contribution is 6.30. The molecular formula is C19H24ClN. The molecule has 0 saturated heterocycles. The molecular weight excluding hydrogens is 278 g/mol. The highest BCUT2D eigenvalue weighted by Crippen LogP contribution is 2.29. The van der Waals surface area contributed by atoms with E-state index >= 15 is 0 Å². The molecule has 0 aliphatic rings. The second-order valence-electron chi connectivity index (χ2n) is 5.50. The molecule has 0 fully saturated rings. The van der Waals surface area contributed by atoms with Crippen molar-refractivity contribution < 1.29 is 0 Å². The number of rotatable bonds is 6. The summed E-state index contributed by atoms with van der Waals surface area (Å²) in [6.07, 6.45) is 3.30. The Balaban J connectivity index is 2.30. The number of hydrogen-bond acceptors (Lipinski definition) is 1. The molecule has 0 aromatic heterocycles. The van der Waals surface area contributed by atoms with Crippen LogP contribution in [-0.4, -0.2) is 0 Å². The van der Waals surface area contributed by atoms with Gasteiger partial charge in [-0.05, 0) is 48.6 Å². The number of aryl methyl sites for hydroxylation is 2. The Kier molecular flexibility index (Phi) is 5.69. The van der Waals surface area contributed by atoms with Crippen molar-refractivity contribution in [2.75, 3.05) is 5.32 Å². The molecule has 1 atom stereocenters. The molecule has 1 unspecified atom stereocenters. The van der Waals surface area contributed by atoms with E-state index in [4.69, 9.17) is 11.6 Å². The van der Waals surface area contributed by atoms with Crippen LogP contribution in [0.5, 0.6) is 0 Å². The monoisotopic (exact) mass is 301 g/mol. The summed E-state index contributed by atoms with van der Waals surface area (Å²) in [4.78, 5) is 0. The third kappa shape index (κ3) is 4.01. The molecule has 0 aliphatic heterocycles. The van der Waals surface area contributed by atoms with E-state index in [1.54, 1.807) is 0 Å². The van der Waals surface area contributed by atoms with Crippen LogP contribution >= 0.6 is 11.6 Å². The van der Waals surface area contributed by atoms with Crippen molar-refractivity contribution in [1.29, 1.82) is 0 Å². The molecule has 0 amide bonds. The highest BCUT2D eigenvalue weighted by Gasteiger charge is 2.13. The summed E-state index contributed by atoms with van der Waals surface area (Å²) in [5.41, 5.74) is 5.27. The Morgan fingerprint density at radius 2 is 1.76 bits per heavy atom. The summed E-state index contributed by atoms with van der Waals surface area (Å²) >= 11 is 6.01. The number of anilines is 1. The molecule has 2 aromatic carbocycles. The standard InChI is InChI=1S/C19H24ClN/c1-4-7-18(16-10-12-17(20)13-11-16)21-19-14(3)8-6-9-15(19)5-2/h6,8-13,18,21H,4-5,7H2,1-3H3. The van der Waals surface area contributed by atoms with Crippen LogP contribution in [0.1, 0.15) is 49.4 Å². The van der Waals surface area contributed by atoms with E-state index in [-0.39, 0.29) is 0 Å². The van der Waals surface area contributed by atoms with Crippen molar-refractivity contribution in [3.8, 4) is 0 Å². The van der Waals surface area contributed by atoms with E-state index < -0.39 is 0 Å². The highest BCUT2D eigenvalue weighted by atomic mass is 35.5. The Morgan fingerprint density at radius 1 is 1.05 bits per heavy atom. The van der Waals surface area contributed by atoms with Gasteiger partial charge in [0.1, 0.15) is 0 Å². The Morgan fingerprint density at radius 3 is 2.38 bits per heavy atom. The zero-order chi connectivity index (χ0) is 15.2. The zero-order valence-electron chi connectivity index (χ0n) is 13.1. The minimum Gasteiger partial charge on any atom is -0.378 e. The first-order valence-electron chi connectivity index (χ1n) is 7.76. The Bertz CT molecular complexity index is 575. The number of benzene rings is 2. The summed E-state index contributed by atoms with van der Waals surface area (Å²) in [5, 5.41) is 4.55. The number of halogens is 1. The third-order valence-electron chi connectivity index (χ3n) is 3.91. The number of nitrogens with one attached hydrogen (secondary N) is 1. The third-order valence-corrected chi connectivity index (χ3v) is 4.16. The van der Waals surface area contributed by atoms with Gasteiger partial charge in [-0.1, -0.05) is 62.2 Å². The summed E-state index contributed by atoms with van der Waals surface area (Å²) < 4.78 is 0. The number of para-hydroxylation sites is 1. The van der Waals surface area contributed by atoms with Crippen LogP contribution in [-0.2, 0) is 6.42 Å². The molecule has 1 nitrogen and oxygen atoms in total. The van der Waals surface area contributed by atoms with Gasteiger partial charge in [-0.3, -0.25) is 0 Å². The predicted octanol–water partition coefficient (Wildman–Crippen LogP) is 6.16. The second-order valence-corrected chi connectivity index (χ2v) is 5.94. The fourth-order valence-corrected chi connectivity index (χ4v) is 2.84. The molecule has 0 heterocycles. The van der Waals surface area contributed by atoms with Crippen LogP contribution < -0.4 is 5.32 Å². The van der Waals surface area contributed by atoms with Crippen LogP contribution in [0.2, 0.25) is 5.02 Å². The Hall–Kier alpha value is -1.47. The van der Waals surface area contributed by atoms with Crippen molar-refractivity contribution >= 4 is 17.3 Å². The maximum Gasteiger partial charge on any atom is 0.0513 e. The van der Waals surface area contributed by atoms with E-state index in [1.807, 2.05) is 12.1 Å². The van der Waals surface area contributed by atoms with Crippen LogP contribution in [0.25, 0.3) is 0 Å². The van der Waals surface area contributed by atoms with Gasteiger partial charge in [-0.15, -0.1) is 0 Å². The summed E-state index contributed by atoms with van der Waals surface area (Å²) in [6, 6.07) is 15.0. The molecule has 112 valence electrons. The molecule has 2 aromatic rings. The van der Waals surface area contributed by atoms with E-state index in [1.165, 1.54) is 22.4 Å². The van der Waals surface area contributed by atoms with Gasteiger partial charge in [0.05, 0.1) is 6.04 Å².